The molecule has 1 saturated carbocycles. The zero-order valence-corrected chi connectivity index (χ0v) is 24.7. The van der Waals surface area contributed by atoms with Gasteiger partial charge in [0.25, 0.3) is 0 Å². The van der Waals surface area contributed by atoms with Crippen molar-refractivity contribution in [2.75, 3.05) is 37.7 Å². The minimum absolute atomic E-state index is 0.0688. The SMILES string of the molecule is Cc1nc2c(CS(=O)(=O)N3CCN(c4cnn(-c5cccc(Cl)c5)c(=O)c4OCC4(C)CC4)CC3)cccc2s1. The van der Waals surface area contributed by atoms with Gasteiger partial charge in [0.15, 0.2) is 0 Å². The molecule has 1 aliphatic carbocycles. The number of fused-ring (bicyclic) bond motifs is 1. The molecule has 4 aromatic rings. The quantitative estimate of drug-likeness (QED) is 0.291. The molecule has 1 aliphatic heterocycles. The molecule has 2 aromatic carbocycles. The Hall–Kier alpha value is -2.99. The molecular weight excluding hydrogens is 570 g/mol. The van der Waals surface area contributed by atoms with Crippen LogP contribution in [0.3, 0.4) is 0 Å². The topological polar surface area (TPSA) is 97.6 Å². The summed E-state index contributed by atoms with van der Waals surface area (Å²) in [5, 5.41) is 5.84. The van der Waals surface area contributed by atoms with Crippen molar-refractivity contribution < 1.29 is 13.2 Å². The van der Waals surface area contributed by atoms with Crippen LogP contribution in [-0.4, -0.2) is 60.3 Å². The third kappa shape index (κ3) is 5.47. The Morgan fingerprint density at radius 3 is 2.58 bits per heavy atom. The van der Waals surface area contributed by atoms with Crippen molar-refractivity contribution >= 4 is 48.9 Å². The predicted octanol–water partition coefficient (Wildman–Crippen LogP) is 4.63. The Bertz CT molecular complexity index is 1740. The fourth-order valence-corrected chi connectivity index (χ4v) is 7.50. The fourth-order valence-electron chi connectivity index (χ4n) is 4.91. The first kappa shape index (κ1) is 27.2. The number of benzene rings is 2. The average Bonchev–Trinajstić information content (AvgIpc) is 3.53. The standard InChI is InChI=1S/C28H30ClN5O4S2/c1-19-31-25-20(5-3-8-24(25)39-19)17-40(36,37)33-13-11-32(12-14-33)23-16-30-34(22-7-4-6-21(29)15-22)27(35)26(23)38-18-28(2)9-10-28/h3-8,15-16H,9-14,17-18H2,1-2H3. The molecule has 210 valence electrons. The lowest BCUT2D eigenvalue weighted by Crippen LogP contribution is -2.49. The minimum atomic E-state index is -3.56. The molecule has 0 bridgehead atoms. The smallest absolute Gasteiger partial charge is 0.316 e. The number of ether oxygens (including phenoxy) is 1. The third-order valence-electron chi connectivity index (χ3n) is 7.56. The minimum Gasteiger partial charge on any atom is -0.486 e. The molecule has 6 rings (SSSR count). The maximum atomic E-state index is 13.6. The number of hydrogen-bond donors (Lipinski definition) is 0. The van der Waals surface area contributed by atoms with Crippen LogP contribution >= 0.6 is 22.9 Å². The number of aromatic nitrogens is 3. The van der Waals surface area contributed by atoms with Gasteiger partial charge in [-0.3, -0.25) is 4.79 Å². The Morgan fingerprint density at radius 1 is 1.10 bits per heavy atom. The van der Waals surface area contributed by atoms with E-state index in [0.717, 1.165) is 28.1 Å². The largest absolute Gasteiger partial charge is 0.486 e. The van der Waals surface area contributed by atoms with Gasteiger partial charge in [0.05, 0.1) is 39.5 Å². The molecule has 2 fully saturated rings. The van der Waals surface area contributed by atoms with Gasteiger partial charge in [-0.15, -0.1) is 11.3 Å². The van der Waals surface area contributed by atoms with Crippen LogP contribution in [0.25, 0.3) is 15.9 Å². The number of para-hydroxylation sites is 1. The number of nitrogens with zero attached hydrogens (tertiary/aromatic N) is 5. The summed E-state index contributed by atoms with van der Waals surface area (Å²) in [7, 11) is -3.56. The molecule has 2 aliphatic rings. The van der Waals surface area contributed by atoms with E-state index in [4.69, 9.17) is 16.3 Å². The number of anilines is 1. The van der Waals surface area contributed by atoms with Crippen molar-refractivity contribution in [3.05, 3.63) is 74.6 Å². The summed E-state index contributed by atoms with van der Waals surface area (Å²) >= 11 is 7.72. The van der Waals surface area contributed by atoms with Gasteiger partial charge in [-0.1, -0.05) is 36.7 Å². The van der Waals surface area contributed by atoms with E-state index in [9.17, 15) is 13.2 Å². The Kier molecular flexibility index (Phi) is 7.10. The van der Waals surface area contributed by atoms with Crippen molar-refractivity contribution in [3.63, 3.8) is 0 Å². The Balaban J connectivity index is 1.23. The summed E-state index contributed by atoms with van der Waals surface area (Å²) < 4.78 is 36.8. The first-order valence-electron chi connectivity index (χ1n) is 13.2. The summed E-state index contributed by atoms with van der Waals surface area (Å²) in [4.78, 5) is 20.1. The van der Waals surface area contributed by atoms with E-state index in [1.165, 1.54) is 8.99 Å². The van der Waals surface area contributed by atoms with Gasteiger partial charge in [0, 0.05) is 36.6 Å². The maximum absolute atomic E-state index is 13.6. The highest BCUT2D eigenvalue weighted by Gasteiger charge is 2.39. The lowest BCUT2D eigenvalue weighted by Gasteiger charge is -2.35. The van der Waals surface area contributed by atoms with Crippen molar-refractivity contribution in [2.45, 2.75) is 32.4 Å². The number of hydrogen-bond acceptors (Lipinski definition) is 8. The highest BCUT2D eigenvalue weighted by molar-refractivity contribution is 7.88. The normalized spacial score (nSPS) is 17.3. The van der Waals surface area contributed by atoms with E-state index in [2.05, 4.69) is 17.0 Å². The first-order chi connectivity index (χ1) is 19.1. The van der Waals surface area contributed by atoms with Gasteiger partial charge in [0.2, 0.25) is 15.8 Å². The summed E-state index contributed by atoms with van der Waals surface area (Å²) in [6.45, 7) is 5.91. The van der Waals surface area contributed by atoms with Gasteiger partial charge in [0.1, 0.15) is 5.69 Å². The average molecular weight is 600 g/mol. The van der Waals surface area contributed by atoms with Crippen LogP contribution in [0, 0.1) is 12.3 Å². The van der Waals surface area contributed by atoms with Crippen LogP contribution in [0.5, 0.6) is 5.75 Å². The molecule has 3 heterocycles. The summed E-state index contributed by atoms with van der Waals surface area (Å²) in [6, 6.07) is 12.6. The number of rotatable bonds is 8. The van der Waals surface area contributed by atoms with Gasteiger partial charge >= 0.3 is 5.56 Å². The van der Waals surface area contributed by atoms with Gasteiger partial charge < -0.3 is 9.64 Å². The lowest BCUT2D eigenvalue weighted by molar-refractivity contribution is 0.242. The molecule has 0 N–H and O–H groups in total. The van der Waals surface area contributed by atoms with Gasteiger partial charge in [-0.25, -0.2) is 13.4 Å². The molecular formula is C28H30ClN5O4S2. The molecule has 0 atom stereocenters. The first-order valence-corrected chi connectivity index (χ1v) is 16.0. The highest BCUT2D eigenvalue weighted by atomic mass is 35.5. The van der Waals surface area contributed by atoms with Crippen LogP contribution in [0.15, 0.2) is 53.5 Å². The van der Waals surface area contributed by atoms with Crippen molar-refractivity contribution in [1.29, 1.82) is 0 Å². The van der Waals surface area contributed by atoms with Gasteiger partial charge in [-0.2, -0.15) is 14.1 Å². The molecule has 9 nitrogen and oxygen atoms in total. The third-order valence-corrected chi connectivity index (χ3v) is 10.6. The molecule has 0 spiro atoms. The summed E-state index contributed by atoms with van der Waals surface area (Å²) in [6.07, 6.45) is 3.74. The van der Waals surface area contributed by atoms with E-state index in [1.807, 2.05) is 30.0 Å². The number of thiazole rings is 1. The van der Waals surface area contributed by atoms with Crippen molar-refractivity contribution in [1.82, 2.24) is 19.1 Å². The zero-order chi connectivity index (χ0) is 28.1. The second kappa shape index (κ2) is 10.4. The van der Waals surface area contributed by atoms with Crippen LogP contribution in [0.2, 0.25) is 5.02 Å². The molecule has 2 aromatic heterocycles. The van der Waals surface area contributed by atoms with Crippen LogP contribution < -0.4 is 15.2 Å². The highest BCUT2D eigenvalue weighted by Crippen LogP contribution is 2.45. The number of halogens is 1. The van der Waals surface area contributed by atoms with Gasteiger partial charge in [-0.05, 0) is 49.6 Å². The van der Waals surface area contributed by atoms with E-state index in [1.54, 1.807) is 41.8 Å². The number of sulfonamides is 1. The van der Waals surface area contributed by atoms with Crippen LogP contribution in [-0.2, 0) is 15.8 Å². The Labute approximate surface area is 242 Å². The monoisotopic (exact) mass is 599 g/mol. The number of piperazine rings is 1. The fraction of sp³-hybridized carbons (Fsp3) is 0.393. The van der Waals surface area contributed by atoms with Crippen molar-refractivity contribution in [3.8, 4) is 11.4 Å². The summed E-state index contributed by atoms with van der Waals surface area (Å²) in [5.41, 5.74) is 2.29. The molecule has 0 unspecified atom stereocenters. The zero-order valence-electron chi connectivity index (χ0n) is 22.3. The number of aryl methyl sites for hydroxylation is 1. The second-order valence-electron chi connectivity index (χ2n) is 10.8. The molecule has 0 radical (unpaired) electrons. The molecule has 12 heteroatoms. The van der Waals surface area contributed by atoms with Crippen molar-refractivity contribution in [2.24, 2.45) is 5.41 Å². The summed E-state index contributed by atoms with van der Waals surface area (Å²) in [5.74, 6) is 0.127. The lowest BCUT2D eigenvalue weighted by atomic mass is 10.2. The molecule has 0 amide bonds. The van der Waals surface area contributed by atoms with Crippen LogP contribution in [0.1, 0.15) is 30.3 Å². The maximum Gasteiger partial charge on any atom is 0.316 e. The predicted molar refractivity (Wildman–Crippen MR) is 158 cm³/mol. The van der Waals surface area contributed by atoms with E-state index < -0.39 is 10.0 Å². The Morgan fingerprint density at radius 2 is 1.85 bits per heavy atom. The second-order valence-corrected chi connectivity index (χ2v) is 14.4. The van der Waals surface area contributed by atoms with E-state index in [-0.39, 0.29) is 22.5 Å². The molecule has 40 heavy (non-hydrogen) atoms. The van der Waals surface area contributed by atoms with Crippen LogP contribution in [0.4, 0.5) is 5.69 Å². The van der Waals surface area contributed by atoms with E-state index in [0.29, 0.717) is 54.7 Å². The van der Waals surface area contributed by atoms with E-state index >= 15 is 0 Å². The molecule has 1 saturated heterocycles.